The Bertz CT molecular complexity index is 909. The third-order valence-corrected chi connectivity index (χ3v) is 5.77. The summed E-state index contributed by atoms with van der Waals surface area (Å²) < 4.78 is 11.2. The summed E-state index contributed by atoms with van der Waals surface area (Å²) in [5, 5.41) is 0. The molecular formula is C22H23NO4. The molecule has 0 bridgehead atoms. The molecule has 0 aliphatic carbocycles. The maximum absolute atomic E-state index is 13.6. The fraction of sp³-hybridized carbons (Fsp3) is 0.364. The summed E-state index contributed by atoms with van der Waals surface area (Å²) in [6.45, 7) is 4.37. The van der Waals surface area contributed by atoms with Gasteiger partial charge in [0.15, 0.2) is 0 Å². The van der Waals surface area contributed by atoms with Gasteiger partial charge in [0, 0.05) is 17.9 Å². The van der Waals surface area contributed by atoms with Crippen LogP contribution in [0.25, 0.3) is 0 Å². The average Bonchev–Trinajstić information content (AvgIpc) is 2.67. The highest BCUT2D eigenvalue weighted by Crippen LogP contribution is 2.48. The fourth-order valence-electron chi connectivity index (χ4n) is 4.43. The lowest BCUT2D eigenvalue weighted by Gasteiger charge is -2.52. The zero-order chi connectivity index (χ0) is 19.2. The molecule has 2 aromatic carbocycles. The second-order valence-electron chi connectivity index (χ2n) is 7.43. The van der Waals surface area contributed by atoms with Crippen molar-refractivity contribution in [3.63, 3.8) is 0 Å². The monoisotopic (exact) mass is 365 g/mol. The van der Waals surface area contributed by atoms with E-state index in [0.29, 0.717) is 13.0 Å². The molecule has 4 rings (SSSR count). The largest absolute Gasteiger partial charge is 0.468 e. The molecule has 2 heterocycles. The first-order valence-corrected chi connectivity index (χ1v) is 9.15. The Hall–Kier alpha value is -2.66. The van der Waals surface area contributed by atoms with E-state index in [1.54, 1.807) is 4.90 Å². The standard InChI is InChI=1S/C22H23NO4/c1-14-8-4-6-10-16(14)17-12-22(2)23(20(24)19(17)21(25)26-3)18-11-7-5-9-15(18)13-27-22/h4-11,17,19H,12-13H2,1-3H3/t17-,19-,22-/m1/s1. The number of rotatable bonds is 2. The minimum absolute atomic E-state index is 0.268. The van der Waals surface area contributed by atoms with Gasteiger partial charge in [-0.1, -0.05) is 42.5 Å². The summed E-state index contributed by atoms with van der Waals surface area (Å²) in [5.74, 6) is -1.95. The Morgan fingerprint density at radius 1 is 1.19 bits per heavy atom. The molecule has 140 valence electrons. The van der Waals surface area contributed by atoms with E-state index in [-0.39, 0.29) is 11.8 Å². The van der Waals surface area contributed by atoms with E-state index >= 15 is 0 Å². The zero-order valence-corrected chi connectivity index (χ0v) is 15.8. The molecule has 0 unspecified atom stereocenters. The molecule has 5 nitrogen and oxygen atoms in total. The number of piperidine rings is 1. The van der Waals surface area contributed by atoms with E-state index in [1.165, 1.54) is 7.11 Å². The molecule has 1 fully saturated rings. The van der Waals surface area contributed by atoms with Crippen LogP contribution < -0.4 is 4.90 Å². The minimum atomic E-state index is -0.890. The zero-order valence-electron chi connectivity index (χ0n) is 15.8. The molecule has 1 amide bonds. The quantitative estimate of drug-likeness (QED) is 0.603. The fourth-order valence-corrected chi connectivity index (χ4v) is 4.43. The maximum atomic E-state index is 13.6. The van der Waals surface area contributed by atoms with E-state index in [1.807, 2.05) is 62.4 Å². The van der Waals surface area contributed by atoms with Crippen molar-refractivity contribution in [1.82, 2.24) is 0 Å². The second-order valence-corrected chi connectivity index (χ2v) is 7.43. The van der Waals surface area contributed by atoms with E-state index in [2.05, 4.69) is 0 Å². The maximum Gasteiger partial charge on any atom is 0.318 e. The molecule has 1 saturated heterocycles. The predicted molar refractivity (Wildman–Crippen MR) is 101 cm³/mol. The summed E-state index contributed by atoms with van der Waals surface area (Å²) in [6, 6.07) is 15.6. The van der Waals surface area contributed by atoms with Gasteiger partial charge < -0.3 is 9.47 Å². The molecule has 27 heavy (non-hydrogen) atoms. The van der Waals surface area contributed by atoms with Gasteiger partial charge in [0.05, 0.1) is 19.4 Å². The van der Waals surface area contributed by atoms with Gasteiger partial charge >= 0.3 is 5.97 Å². The van der Waals surface area contributed by atoms with Gasteiger partial charge in [-0.05, 0) is 31.0 Å². The number of hydrogen-bond donors (Lipinski definition) is 0. The molecule has 0 radical (unpaired) electrons. The van der Waals surface area contributed by atoms with Crippen LogP contribution in [0.4, 0.5) is 5.69 Å². The number of carbonyl (C=O) groups is 2. The normalized spacial score (nSPS) is 26.9. The number of benzene rings is 2. The van der Waals surface area contributed by atoms with E-state index in [0.717, 1.165) is 22.4 Å². The van der Waals surface area contributed by atoms with Gasteiger partial charge in [0.2, 0.25) is 5.91 Å². The number of anilines is 1. The van der Waals surface area contributed by atoms with Gasteiger partial charge in [-0.15, -0.1) is 0 Å². The topological polar surface area (TPSA) is 55.8 Å². The van der Waals surface area contributed by atoms with Crippen molar-refractivity contribution < 1.29 is 19.1 Å². The lowest BCUT2D eigenvalue weighted by Crippen LogP contribution is -2.62. The highest BCUT2D eigenvalue weighted by atomic mass is 16.5. The third-order valence-electron chi connectivity index (χ3n) is 5.77. The first kappa shape index (κ1) is 17.7. The lowest BCUT2D eigenvalue weighted by molar-refractivity contribution is -0.159. The second kappa shape index (κ2) is 6.50. The molecule has 0 aromatic heterocycles. The highest BCUT2D eigenvalue weighted by molar-refractivity contribution is 6.09. The number of methoxy groups -OCH3 is 1. The van der Waals surface area contributed by atoms with Crippen molar-refractivity contribution in [1.29, 1.82) is 0 Å². The summed E-state index contributed by atoms with van der Waals surface area (Å²) >= 11 is 0. The van der Waals surface area contributed by atoms with Crippen LogP contribution in [-0.4, -0.2) is 24.7 Å². The minimum Gasteiger partial charge on any atom is -0.468 e. The predicted octanol–water partition coefficient (Wildman–Crippen LogP) is 3.55. The van der Waals surface area contributed by atoms with Crippen LogP contribution >= 0.6 is 0 Å². The van der Waals surface area contributed by atoms with Gasteiger partial charge in [-0.3, -0.25) is 14.5 Å². The number of carbonyl (C=O) groups excluding carboxylic acids is 2. The Morgan fingerprint density at radius 2 is 1.89 bits per heavy atom. The molecule has 5 heteroatoms. The highest BCUT2D eigenvalue weighted by Gasteiger charge is 2.55. The van der Waals surface area contributed by atoms with Crippen LogP contribution in [0.1, 0.15) is 36.0 Å². The molecular weight excluding hydrogens is 342 g/mol. The van der Waals surface area contributed by atoms with Crippen LogP contribution in [0.3, 0.4) is 0 Å². The lowest BCUT2D eigenvalue weighted by atomic mass is 9.74. The summed E-state index contributed by atoms with van der Waals surface area (Å²) in [7, 11) is 1.33. The molecule has 2 aromatic rings. The molecule has 0 spiro atoms. The number of para-hydroxylation sites is 1. The van der Waals surface area contributed by atoms with Crippen molar-refractivity contribution in [3.8, 4) is 0 Å². The molecule has 0 N–H and O–H groups in total. The number of aryl methyl sites for hydroxylation is 1. The molecule has 2 aliphatic rings. The molecule has 0 saturated carbocycles. The van der Waals surface area contributed by atoms with E-state index < -0.39 is 17.6 Å². The number of nitrogens with zero attached hydrogens (tertiary/aromatic N) is 1. The first-order valence-electron chi connectivity index (χ1n) is 9.15. The smallest absolute Gasteiger partial charge is 0.318 e. The number of ether oxygens (including phenoxy) is 2. The van der Waals surface area contributed by atoms with Gasteiger partial charge in [-0.25, -0.2) is 0 Å². The van der Waals surface area contributed by atoms with E-state index in [4.69, 9.17) is 9.47 Å². The number of amides is 1. The summed E-state index contributed by atoms with van der Waals surface area (Å²) in [4.78, 5) is 27.9. The molecule has 3 atom stereocenters. The Balaban J connectivity index is 1.85. The first-order chi connectivity index (χ1) is 13.0. The van der Waals surface area contributed by atoms with Crippen LogP contribution in [0.15, 0.2) is 48.5 Å². The van der Waals surface area contributed by atoms with Crippen molar-refractivity contribution in [2.24, 2.45) is 5.92 Å². The number of hydrogen-bond acceptors (Lipinski definition) is 4. The van der Waals surface area contributed by atoms with Crippen LogP contribution in [-0.2, 0) is 25.7 Å². The third kappa shape index (κ3) is 2.73. The van der Waals surface area contributed by atoms with Crippen LogP contribution in [0.2, 0.25) is 0 Å². The van der Waals surface area contributed by atoms with Gasteiger partial charge in [0.25, 0.3) is 0 Å². The van der Waals surface area contributed by atoms with Crippen molar-refractivity contribution in [3.05, 3.63) is 65.2 Å². The Morgan fingerprint density at radius 3 is 2.63 bits per heavy atom. The van der Waals surface area contributed by atoms with Crippen molar-refractivity contribution >= 4 is 17.6 Å². The average molecular weight is 365 g/mol. The van der Waals surface area contributed by atoms with Crippen LogP contribution in [0, 0.1) is 12.8 Å². The van der Waals surface area contributed by atoms with Crippen molar-refractivity contribution in [2.45, 2.75) is 38.5 Å². The number of fused-ring (bicyclic) bond motifs is 3. The van der Waals surface area contributed by atoms with E-state index in [9.17, 15) is 9.59 Å². The Kier molecular flexibility index (Phi) is 4.27. The number of esters is 1. The van der Waals surface area contributed by atoms with Gasteiger partial charge in [-0.2, -0.15) is 0 Å². The van der Waals surface area contributed by atoms with Crippen molar-refractivity contribution in [2.75, 3.05) is 12.0 Å². The SMILES string of the molecule is COC(=O)[C@H]1C(=O)N2c3ccccc3CO[C@]2(C)C[C@@H]1c1ccccc1C. The summed E-state index contributed by atoms with van der Waals surface area (Å²) in [5.41, 5.74) is 3.00. The van der Waals surface area contributed by atoms with Crippen LogP contribution in [0.5, 0.6) is 0 Å². The summed E-state index contributed by atoms with van der Waals surface area (Å²) in [6.07, 6.45) is 0.525. The van der Waals surface area contributed by atoms with Gasteiger partial charge in [0.1, 0.15) is 11.6 Å². The Labute approximate surface area is 158 Å². The molecule has 2 aliphatic heterocycles.